The van der Waals surface area contributed by atoms with E-state index in [0.717, 1.165) is 50.4 Å². The predicted molar refractivity (Wildman–Crippen MR) is 97.9 cm³/mol. The van der Waals surface area contributed by atoms with Crippen LogP contribution in [-0.4, -0.2) is 50.5 Å². The molecule has 0 radical (unpaired) electrons. The van der Waals surface area contributed by atoms with Crippen LogP contribution in [0.2, 0.25) is 0 Å². The van der Waals surface area contributed by atoms with Crippen LogP contribution in [0, 0.1) is 11.3 Å². The Bertz CT molecular complexity index is 644. The van der Waals surface area contributed by atoms with E-state index in [1.54, 1.807) is 6.08 Å². The second-order valence-electron chi connectivity index (χ2n) is 6.94. The predicted octanol–water partition coefficient (Wildman–Crippen LogP) is 2.25. The van der Waals surface area contributed by atoms with E-state index < -0.39 is 0 Å². The normalized spacial score (nSPS) is 28.6. The number of hydrogen-bond donors (Lipinski definition) is 3. The number of ether oxygens (including phenoxy) is 1. The summed E-state index contributed by atoms with van der Waals surface area (Å²) in [6.45, 7) is 3.21. The maximum absolute atomic E-state index is 14.9. The van der Waals surface area contributed by atoms with E-state index in [4.69, 9.17) is 15.9 Å². The largest absolute Gasteiger partial charge is 0.404 e. The van der Waals surface area contributed by atoms with Crippen LogP contribution in [0.25, 0.3) is 0 Å². The first-order chi connectivity index (χ1) is 12.1. The van der Waals surface area contributed by atoms with Crippen molar-refractivity contribution in [1.29, 1.82) is 5.41 Å². The second kappa shape index (κ2) is 7.97. The lowest BCUT2D eigenvalue weighted by Crippen LogP contribution is -2.37. The summed E-state index contributed by atoms with van der Waals surface area (Å²) < 4.78 is 20.3. The number of nitrogens with two attached hydrogens (primary N) is 1. The fourth-order valence-corrected chi connectivity index (χ4v) is 3.65. The molecule has 0 aromatic carbocycles. The Hall–Kier alpha value is -1.92. The van der Waals surface area contributed by atoms with Crippen molar-refractivity contribution < 1.29 is 9.13 Å². The average Bonchev–Trinajstić information content (AvgIpc) is 3.11. The highest BCUT2D eigenvalue weighted by atomic mass is 19.1. The maximum atomic E-state index is 14.9. The third-order valence-electron chi connectivity index (χ3n) is 5.14. The van der Waals surface area contributed by atoms with Crippen molar-refractivity contribution in [1.82, 2.24) is 10.2 Å². The Morgan fingerprint density at radius 3 is 3.00 bits per heavy atom. The molecule has 0 amide bonds. The summed E-state index contributed by atoms with van der Waals surface area (Å²) in [7, 11) is 2.06. The SMILES string of the molecule is CN1CCC(NC2CCOC2)=C(C2=CCC(/C(C=N)=C/N)C=C2F)C1. The minimum absolute atomic E-state index is 0.159. The van der Waals surface area contributed by atoms with Gasteiger partial charge in [-0.1, -0.05) is 6.08 Å². The molecule has 2 unspecified atom stereocenters. The number of halogens is 1. The van der Waals surface area contributed by atoms with E-state index in [9.17, 15) is 4.39 Å². The molecule has 4 N–H and O–H groups in total. The van der Waals surface area contributed by atoms with Crippen molar-refractivity contribution in [2.45, 2.75) is 25.3 Å². The number of hydrogen-bond acceptors (Lipinski definition) is 5. The molecule has 2 heterocycles. The molecule has 3 rings (SSSR count). The van der Waals surface area contributed by atoms with Gasteiger partial charge in [-0.25, -0.2) is 4.39 Å². The van der Waals surface area contributed by atoms with Crippen molar-refractivity contribution in [2.75, 3.05) is 33.4 Å². The molecule has 2 aliphatic heterocycles. The summed E-state index contributed by atoms with van der Waals surface area (Å²) in [6, 6.07) is 0.321. The Balaban J connectivity index is 1.84. The molecule has 2 atom stereocenters. The van der Waals surface area contributed by atoms with Gasteiger partial charge < -0.3 is 26.1 Å². The molecule has 5 nitrogen and oxygen atoms in total. The van der Waals surface area contributed by atoms with Crippen molar-refractivity contribution >= 4 is 6.21 Å². The third-order valence-corrected chi connectivity index (χ3v) is 5.14. The molecule has 0 aromatic heterocycles. The van der Waals surface area contributed by atoms with Gasteiger partial charge in [0.25, 0.3) is 0 Å². The van der Waals surface area contributed by atoms with Crippen LogP contribution in [0.5, 0.6) is 0 Å². The fourth-order valence-electron chi connectivity index (χ4n) is 3.65. The molecule has 0 saturated carbocycles. The topological polar surface area (TPSA) is 74.4 Å². The molecular weight excluding hydrogens is 319 g/mol. The van der Waals surface area contributed by atoms with Crippen LogP contribution >= 0.6 is 0 Å². The van der Waals surface area contributed by atoms with Gasteiger partial charge in [0.1, 0.15) is 5.83 Å². The first kappa shape index (κ1) is 17.9. The van der Waals surface area contributed by atoms with Crippen LogP contribution < -0.4 is 11.1 Å². The molecule has 136 valence electrons. The number of allylic oxidation sites excluding steroid dienone is 4. The minimum atomic E-state index is -0.218. The van der Waals surface area contributed by atoms with E-state index in [1.165, 1.54) is 12.4 Å². The Morgan fingerprint density at radius 2 is 2.36 bits per heavy atom. The van der Waals surface area contributed by atoms with Crippen molar-refractivity contribution in [3.8, 4) is 0 Å². The summed E-state index contributed by atoms with van der Waals surface area (Å²) in [5, 5.41) is 11.0. The zero-order valence-electron chi connectivity index (χ0n) is 14.7. The molecule has 25 heavy (non-hydrogen) atoms. The summed E-state index contributed by atoms with van der Waals surface area (Å²) in [5.74, 6) is -0.377. The highest BCUT2D eigenvalue weighted by Gasteiger charge is 2.27. The van der Waals surface area contributed by atoms with Gasteiger partial charge >= 0.3 is 0 Å². The second-order valence-corrected chi connectivity index (χ2v) is 6.94. The zero-order valence-corrected chi connectivity index (χ0v) is 14.7. The van der Waals surface area contributed by atoms with Gasteiger partial charge in [0.2, 0.25) is 0 Å². The Morgan fingerprint density at radius 1 is 1.52 bits per heavy atom. The highest BCUT2D eigenvalue weighted by Crippen LogP contribution is 2.35. The highest BCUT2D eigenvalue weighted by molar-refractivity contribution is 5.77. The van der Waals surface area contributed by atoms with Crippen molar-refractivity contribution in [3.63, 3.8) is 0 Å². The van der Waals surface area contributed by atoms with E-state index in [2.05, 4.69) is 17.3 Å². The zero-order chi connectivity index (χ0) is 17.8. The Labute approximate surface area is 148 Å². The van der Waals surface area contributed by atoms with Crippen LogP contribution in [0.1, 0.15) is 19.3 Å². The molecule has 1 aliphatic carbocycles. The van der Waals surface area contributed by atoms with Gasteiger partial charge in [0, 0.05) is 49.5 Å². The van der Waals surface area contributed by atoms with E-state index in [-0.39, 0.29) is 11.7 Å². The number of nitrogens with zero attached hydrogens (tertiary/aromatic N) is 1. The number of rotatable bonds is 5. The summed E-state index contributed by atoms with van der Waals surface area (Å²) in [6.07, 6.45) is 8.69. The first-order valence-corrected chi connectivity index (χ1v) is 8.87. The lowest BCUT2D eigenvalue weighted by molar-refractivity contribution is 0.190. The van der Waals surface area contributed by atoms with E-state index >= 15 is 0 Å². The molecule has 6 heteroatoms. The molecule has 3 aliphatic rings. The standard InChI is InChI=1S/C19H27FN4O/c1-24-6-4-19(23-15-5-7-25-12-15)17(11-24)16-3-2-13(8-18(16)20)14(9-21)10-22/h3,8-10,13,15,21,23H,2,4-7,11-12,22H2,1H3/b14-10+,21-9?. The molecule has 1 fully saturated rings. The van der Waals surface area contributed by atoms with Gasteiger partial charge in [-0.15, -0.1) is 0 Å². The molecule has 1 saturated heterocycles. The number of nitrogens with one attached hydrogen (secondary N) is 2. The smallest absolute Gasteiger partial charge is 0.127 e. The van der Waals surface area contributed by atoms with Gasteiger partial charge in [-0.05, 0) is 43.3 Å². The van der Waals surface area contributed by atoms with Crippen molar-refractivity contribution in [2.24, 2.45) is 11.7 Å². The van der Waals surface area contributed by atoms with Crippen molar-refractivity contribution in [3.05, 3.63) is 46.6 Å². The minimum Gasteiger partial charge on any atom is -0.404 e. The van der Waals surface area contributed by atoms with Gasteiger partial charge in [0.05, 0.1) is 12.6 Å². The Kier molecular flexibility index (Phi) is 5.71. The van der Waals surface area contributed by atoms with Gasteiger partial charge in [-0.3, -0.25) is 0 Å². The molecule has 0 bridgehead atoms. The van der Waals surface area contributed by atoms with Crippen LogP contribution in [-0.2, 0) is 4.74 Å². The first-order valence-electron chi connectivity index (χ1n) is 8.87. The third kappa shape index (κ3) is 4.02. The molecular formula is C19H27FN4O. The van der Waals surface area contributed by atoms with Gasteiger partial charge in [-0.2, -0.15) is 0 Å². The van der Waals surface area contributed by atoms with E-state index in [1.807, 2.05) is 6.08 Å². The maximum Gasteiger partial charge on any atom is 0.127 e. The lowest BCUT2D eigenvalue weighted by Gasteiger charge is -2.32. The lowest BCUT2D eigenvalue weighted by atomic mass is 9.86. The van der Waals surface area contributed by atoms with Crippen LogP contribution in [0.15, 0.2) is 46.6 Å². The fraction of sp³-hybridized carbons (Fsp3) is 0.526. The van der Waals surface area contributed by atoms with Gasteiger partial charge in [0.15, 0.2) is 0 Å². The summed E-state index contributed by atoms with van der Waals surface area (Å²) in [5.41, 5.74) is 9.06. The van der Waals surface area contributed by atoms with E-state index in [0.29, 0.717) is 23.6 Å². The average molecular weight is 346 g/mol. The quantitative estimate of drug-likeness (QED) is 0.668. The molecule has 0 spiro atoms. The van der Waals surface area contributed by atoms with Crippen LogP contribution in [0.3, 0.4) is 0 Å². The van der Waals surface area contributed by atoms with Crippen LogP contribution in [0.4, 0.5) is 4.39 Å². The monoisotopic (exact) mass is 346 g/mol. The molecule has 0 aromatic rings. The number of likely N-dealkylation sites (N-methyl/N-ethyl adjacent to an activating group) is 1. The summed E-state index contributed by atoms with van der Waals surface area (Å²) in [4.78, 5) is 2.22. The summed E-state index contributed by atoms with van der Waals surface area (Å²) >= 11 is 0.